The highest BCUT2D eigenvalue weighted by Crippen LogP contribution is 2.43. The van der Waals surface area contributed by atoms with E-state index in [0.717, 1.165) is 23.5 Å². The second-order valence-corrected chi connectivity index (χ2v) is 18.1. The number of anilines is 2. The summed E-state index contributed by atoms with van der Waals surface area (Å²) < 4.78 is 2.61. The molecule has 0 atom stereocenters. The van der Waals surface area contributed by atoms with Gasteiger partial charge < -0.3 is 4.90 Å². The Morgan fingerprint density at radius 2 is 1.18 bits per heavy atom. The minimum Gasteiger partial charge on any atom is -0.311 e. The molecule has 2 aliphatic rings. The minimum absolute atomic E-state index is 0.208. The van der Waals surface area contributed by atoms with Crippen LogP contribution in [0.3, 0.4) is 0 Å². The van der Waals surface area contributed by atoms with Crippen molar-refractivity contribution in [3.05, 3.63) is 246 Å². The third kappa shape index (κ3) is 7.53. The fourth-order valence-electron chi connectivity index (χ4n) is 9.20. The summed E-state index contributed by atoms with van der Waals surface area (Å²) in [5, 5.41) is 2.59. The summed E-state index contributed by atoms with van der Waals surface area (Å²) >= 11 is 1.86. The van der Waals surface area contributed by atoms with Crippen molar-refractivity contribution in [2.75, 3.05) is 4.90 Å². The number of benzene rings is 7. The summed E-state index contributed by atoms with van der Waals surface area (Å²) in [6.45, 7) is 9.15. The van der Waals surface area contributed by atoms with Crippen molar-refractivity contribution in [2.45, 2.75) is 39.5 Å². The third-order valence-electron chi connectivity index (χ3n) is 12.5. The largest absolute Gasteiger partial charge is 0.311 e. The van der Waals surface area contributed by atoms with Gasteiger partial charge in [-0.3, -0.25) is 0 Å². The van der Waals surface area contributed by atoms with Gasteiger partial charge in [0.1, 0.15) is 0 Å². The molecule has 0 saturated heterocycles. The van der Waals surface area contributed by atoms with Gasteiger partial charge in [0.25, 0.3) is 0 Å². The molecule has 0 aliphatic heterocycles. The van der Waals surface area contributed by atoms with Crippen LogP contribution >= 0.6 is 11.3 Å². The van der Waals surface area contributed by atoms with E-state index in [0.29, 0.717) is 0 Å². The van der Waals surface area contributed by atoms with Crippen LogP contribution in [0.1, 0.15) is 55.0 Å². The average molecular weight is 816 g/mol. The van der Waals surface area contributed by atoms with E-state index in [2.05, 4.69) is 245 Å². The molecule has 0 fully saturated rings. The molecule has 0 spiro atoms. The molecule has 2 aliphatic carbocycles. The van der Waals surface area contributed by atoms with E-state index in [1.807, 2.05) is 11.3 Å². The molecule has 2 heteroatoms. The number of hydrogen-bond acceptors (Lipinski definition) is 2. The number of thiophene rings is 1. The molecule has 0 amide bonds. The fraction of sp³-hybridized carbons (Fsp3) is 0.100. The molecule has 1 nitrogen and oxygen atoms in total. The number of rotatable bonds is 7. The summed E-state index contributed by atoms with van der Waals surface area (Å²) in [5.41, 5.74) is 18.1. The molecule has 0 unspecified atom stereocenters. The van der Waals surface area contributed by atoms with Gasteiger partial charge in [0.15, 0.2) is 0 Å². The van der Waals surface area contributed by atoms with Gasteiger partial charge in [0, 0.05) is 42.7 Å². The lowest BCUT2D eigenvalue weighted by Crippen LogP contribution is -2.19. The standard InChI is InChI=1S/C60H49NS/c1-41-16-8-9-22-51(41)53-24-11-10-23-52(53)47-20-15-37-60(3,4)57-35-33-49(39-55(57)42(2)38-47)61(50-34-36-59-56(40-50)54-25-12-13-26-58(54)62-59)48-21-14-19-44(31-32-48)46-29-27-45(28-30-46)43-17-6-5-7-18-43/h5-13,15-40H,14H2,1-4H3/b37-15+,42-38+,47-20+. The van der Waals surface area contributed by atoms with Gasteiger partial charge in [0.2, 0.25) is 0 Å². The Labute approximate surface area is 370 Å². The van der Waals surface area contributed by atoms with Crippen molar-refractivity contribution in [1.29, 1.82) is 0 Å². The zero-order chi connectivity index (χ0) is 42.2. The first kappa shape index (κ1) is 39.2. The van der Waals surface area contributed by atoms with Crippen LogP contribution in [-0.2, 0) is 5.41 Å². The van der Waals surface area contributed by atoms with Crippen molar-refractivity contribution in [3.63, 3.8) is 0 Å². The van der Waals surface area contributed by atoms with E-state index in [4.69, 9.17) is 0 Å². The number of hydrogen-bond donors (Lipinski definition) is 0. The smallest absolute Gasteiger partial charge is 0.0468 e. The highest BCUT2D eigenvalue weighted by atomic mass is 32.1. The van der Waals surface area contributed by atoms with Gasteiger partial charge in [-0.05, 0) is 130 Å². The summed E-state index contributed by atoms with van der Waals surface area (Å²) in [5.74, 6) is 0. The molecular formula is C60H49NS. The molecule has 8 aromatic rings. The van der Waals surface area contributed by atoms with E-state index in [9.17, 15) is 0 Å². The molecule has 0 bridgehead atoms. The van der Waals surface area contributed by atoms with Gasteiger partial charge in [-0.2, -0.15) is 0 Å². The third-order valence-corrected chi connectivity index (χ3v) is 13.7. The predicted octanol–water partition coefficient (Wildman–Crippen LogP) is 17.1. The Bertz CT molecular complexity index is 3180. The maximum Gasteiger partial charge on any atom is 0.0468 e. The van der Waals surface area contributed by atoms with E-state index < -0.39 is 0 Å². The number of nitrogens with zero attached hydrogens (tertiary/aromatic N) is 1. The Morgan fingerprint density at radius 1 is 0.516 bits per heavy atom. The van der Waals surface area contributed by atoms with Gasteiger partial charge in [-0.25, -0.2) is 0 Å². The van der Waals surface area contributed by atoms with Crippen molar-refractivity contribution >= 4 is 59.6 Å². The fourth-order valence-corrected chi connectivity index (χ4v) is 10.3. The summed E-state index contributed by atoms with van der Waals surface area (Å²) in [4.78, 5) is 2.46. The van der Waals surface area contributed by atoms with E-state index in [1.165, 1.54) is 87.0 Å². The highest BCUT2D eigenvalue weighted by molar-refractivity contribution is 7.25. The topological polar surface area (TPSA) is 3.24 Å². The second kappa shape index (κ2) is 16.5. The Kier molecular flexibility index (Phi) is 10.4. The van der Waals surface area contributed by atoms with Crippen LogP contribution < -0.4 is 4.90 Å². The zero-order valence-electron chi connectivity index (χ0n) is 35.8. The molecule has 1 aromatic heterocycles. The predicted molar refractivity (Wildman–Crippen MR) is 270 cm³/mol. The Hall–Kier alpha value is -7.00. The van der Waals surface area contributed by atoms with Crippen LogP contribution in [0.2, 0.25) is 0 Å². The maximum absolute atomic E-state index is 2.46. The highest BCUT2D eigenvalue weighted by Gasteiger charge is 2.25. The molecule has 0 saturated carbocycles. The minimum atomic E-state index is -0.208. The SMILES string of the molecule is C\C1=C/C(c2ccccc2-c2ccccc2C)=C\C=C\C(C)(C)c2ccc(N(C3=CCC=C(c4ccc(-c5ccccc5)cc4)C=C3)c3ccc4sc5ccccc5c4c3)cc21. The normalized spacial score (nSPS) is 17.0. The molecule has 1 heterocycles. The molecule has 0 radical (unpaired) electrons. The Balaban J connectivity index is 1.09. The molecule has 10 rings (SSSR count). The maximum atomic E-state index is 2.46. The van der Waals surface area contributed by atoms with Crippen LogP contribution in [-0.4, -0.2) is 0 Å². The first-order valence-electron chi connectivity index (χ1n) is 21.6. The van der Waals surface area contributed by atoms with Crippen LogP contribution in [0.15, 0.2) is 218 Å². The lowest BCUT2D eigenvalue weighted by molar-refractivity contribution is 0.668. The van der Waals surface area contributed by atoms with Crippen LogP contribution in [0.4, 0.5) is 11.4 Å². The first-order chi connectivity index (χ1) is 30.3. The molecule has 62 heavy (non-hydrogen) atoms. The number of aryl methyl sites for hydroxylation is 1. The Morgan fingerprint density at radius 3 is 2.00 bits per heavy atom. The lowest BCUT2D eigenvalue weighted by atomic mass is 9.79. The lowest BCUT2D eigenvalue weighted by Gasteiger charge is -2.30. The van der Waals surface area contributed by atoms with Crippen molar-refractivity contribution in [1.82, 2.24) is 0 Å². The zero-order valence-corrected chi connectivity index (χ0v) is 36.6. The van der Waals surface area contributed by atoms with Gasteiger partial charge in [-0.1, -0.05) is 184 Å². The quantitative estimate of drug-likeness (QED) is 0.155. The number of allylic oxidation sites excluding steroid dienone is 11. The second-order valence-electron chi connectivity index (χ2n) is 17.0. The van der Waals surface area contributed by atoms with Crippen LogP contribution in [0.25, 0.3) is 59.1 Å². The van der Waals surface area contributed by atoms with Gasteiger partial charge in [-0.15, -0.1) is 11.3 Å². The first-order valence-corrected chi connectivity index (χ1v) is 22.5. The van der Waals surface area contributed by atoms with Gasteiger partial charge in [0.05, 0.1) is 0 Å². The molecule has 300 valence electrons. The van der Waals surface area contributed by atoms with E-state index in [1.54, 1.807) is 0 Å². The summed E-state index contributed by atoms with van der Waals surface area (Å²) in [6.07, 6.45) is 19.4. The molecule has 7 aromatic carbocycles. The van der Waals surface area contributed by atoms with Gasteiger partial charge >= 0.3 is 0 Å². The van der Waals surface area contributed by atoms with E-state index in [-0.39, 0.29) is 5.41 Å². The monoisotopic (exact) mass is 815 g/mol. The molecule has 0 N–H and O–H groups in total. The average Bonchev–Trinajstić information content (AvgIpc) is 3.52. The molecular weight excluding hydrogens is 767 g/mol. The number of fused-ring (bicyclic) bond motifs is 4. The summed E-state index contributed by atoms with van der Waals surface area (Å²) in [6, 6.07) is 60.0. The summed E-state index contributed by atoms with van der Waals surface area (Å²) in [7, 11) is 0. The van der Waals surface area contributed by atoms with E-state index >= 15 is 0 Å². The van der Waals surface area contributed by atoms with Crippen molar-refractivity contribution in [3.8, 4) is 22.3 Å². The van der Waals surface area contributed by atoms with Crippen LogP contribution in [0, 0.1) is 6.92 Å². The van der Waals surface area contributed by atoms with Crippen molar-refractivity contribution < 1.29 is 0 Å². The van der Waals surface area contributed by atoms with Crippen LogP contribution in [0.5, 0.6) is 0 Å². The van der Waals surface area contributed by atoms with Crippen molar-refractivity contribution in [2.24, 2.45) is 0 Å².